The summed E-state index contributed by atoms with van der Waals surface area (Å²) in [5, 5.41) is 4.25. The van der Waals surface area contributed by atoms with Crippen LogP contribution in [0.1, 0.15) is 6.92 Å². The molecule has 0 heterocycles. The Balaban J connectivity index is 4.33. The molecule has 64 valence electrons. The Hall–Kier alpha value is -1.00. The van der Waals surface area contributed by atoms with Crippen molar-refractivity contribution in [2.24, 2.45) is 5.10 Å². The van der Waals surface area contributed by atoms with Crippen molar-refractivity contribution in [3.05, 3.63) is 11.8 Å². The van der Waals surface area contributed by atoms with E-state index in [1.54, 1.807) is 0 Å². The van der Waals surface area contributed by atoms with Gasteiger partial charge in [0, 0.05) is 25.5 Å². The largest absolute Gasteiger partial charge is 0.413 e. The summed E-state index contributed by atoms with van der Waals surface area (Å²) in [7, 11) is 1.38. The fraction of sp³-hybridized carbons (Fsp3) is 0.500. The van der Waals surface area contributed by atoms with Gasteiger partial charge in [0.25, 0.3) is 0 Å². The van der Waals surface area contributed by atoms with Gasteiger partial charge in [-0.05, 0) is 6.92 Å². The zero-order valence-electron chi connectivity index (χ0n) is 6.31. The first-order valence-electron chi connectivity index (χ1n) is 2.83. The highest BCUT2D eigenvalue weighted by atomic mass is 19.4. The Kier molecular flexibility index (Phi) is 3.10. The number of allylic oxidation sites excluding steroid dienone is 1. The summed E-state index contributed by atoms with van der Waals surface area (Å²) < 4.78 is 35.4. The van der Waals surface area contributed by atoms with E-state index in [1.807, 2.05) is 0 Å². The van der Waals surface area contributed by atoms with E-state index in [0.717, 1.165) is 18.1 Å². The van der Waals surface area contributed by atoms with Crippen molar-refractivity contribution in [3.8, 4) is 0 Å². The first-order chi connectivity index (χ1) is 4.88. The van der Waals surface area contributed by atoms with E-state index in [4.69, 9.17) is 0 Å². The zero-order chi connectivity index (χ0) is 9.07. The standard InChI is InChI=1S/C6H9F3N2/c1-5(6(7,8)9)4-11(3)10-2/h4H,2H2,1,3H3/b5-4+. The third kappa shape index (κ3) is 3.64. The highest BCUT2D eigenvalue weighted by Crippen LogP contribution is 2.24. The number of hydrogen-bond donors (Lipinski definition) is 0. The smallest absolute Gasteiger partial charge is 0.276 e. The van der Waals surface area contributed by atoms with Crippen LogP contribution in [0.2, 0.25) is 0 Å². The van der Waals surface area contributed by atoms with Gasteiger partial charge in [0.05, 0.1) is 0 Å². The lowest BCUT2D eigenvalue weighted by Crippen LogP contribution is -2.12. The molecule has 0 radical (unpaired) electrons. The van der Waals surface area contributed by atoms with Gasteiger partial charge >= 0.3 is 6.18 Å². The molecule has 0 saturated heterocycles. The van der Waals surface area contributed by atoms with Crippen molar-refractivity contribution < 1.29 is 13.2 Å². The van der Waals surface area contributed by atoms with Crippen LogP contribution in [0.4, 0.5) is 13.2 Å². The first-order valence-corrected chi connectivity index (χ1v) is 2.83. The Morgan fingerprint density at radius 3 is 2.27 bits per heavy atom. The number of rotatable bonds is 2. The number of hydrogen-bond acceptors (Lipinski definition) is 2. The lowest BCUT2D eigenvalue weighted by atomic mass is 10.3. The van der Waals surface area contributed by atoms with Gasteiger partial charge in [-0.1, -0.05) is 0 Å². The minimum atomic E-state index is -4.28. The second-order valence-corrected chi connectivity index (χ2v) is 2.02. The monoisotopic (exact) mass is 166 g/mol. The summed E-state index contributed by atoms with van der Waals surface area (Å²) in [6.07, 6.45) is -3.41. The summed E-state index contributed by atoms with van der Waals surface area (Å²) in [5.74, 6) is 0. The molecule has 0 aromatic rings. The zero-order valence-corrected chi connectivity index (χ0v) is 6.31. The van der Waals surface area contributed by atoms with Crippen LogP contribution in [-0.2, 0) is 0 Å². The van der Waals surface area contributed by atoms with E-state index in [9.17, 15) is 13.2 Å². The molecule has 0 amide bonds. The molecule has 0 fully saturated rings. The van der Waals surface area contributed by atoms with Crippen molar-refractivity contribution in [3.63, 3.8) is 0 Å². The molecule has 0 bridgehead atoms. The van der Waals surface area contributed by atoms with Crippen LogP contribution in [0.3, 0.4) is 0 Å². The molecule has 5 heteroatoms. The maximum absolute atomic E-state index is 11.8. The summed E-state index contributed by atoms with van der Waals surface area (Å²) >= 11 is 0. The van der Waals surface area contributed by atoms with E-state index < -0.39 is 11.7 Å². The number of alkyl halides is 3. The highest BCUT2D eigenvalue weighted by Gasteiger charge is 2.30. The molecule has 0 aliphatic rings. The minimum Gasteiger partial charge on any atom is -0.276 e. The predicted octanol–water partition coefficient (Wildman–Crippen LogP) is 2.00. The summed E-state index contributed by atoms with van der Waals surface area (Å²) in [5.41, 5.74) is -0.701. The lowest BCUT2D eigenvalue weighted by Gasteiger charge is -2.10. The molecular formula is C6H9F3N2. The Labute approximate surface area is 63.0 Å². The Bertz CT molecular complexity index is 171. The number of nitrogens with zero attached hydrogens (tertiary/aromatic N) is 2. The van der Waals surface area contributed by atoms with Crippen LogP contribution in [0.15, 0.2) is 16.9 Å². The van der Waals surface area contributed by atoms with Gasteiger partial charge < -0.3 is 0 Å². The van der Waals surface area contributed by atoms with Crippen LogP contribution < -0.4 is 0 Å². The molecule has 0 unspecified atom stereocenters. The van der Waals surface area contributed by atoms with Crippen LogP contribution in [-0.4, -0.2) is 25.0 Å². The van der Waals surface area contributed by atoms with Gasteiger partial charge in [0.1, 0.15) is 0 Å². The van der Waals surface area contributed by atoms with Gasteiger partial charge in [0.15, 0.2) is 0 Å². The summed E-state index contributed by atoms with van der Waals surface area (Å²) in [6.45, 7) is 4.03. The predicted molar refractivity (Wildman–Crippen MR) is 37.1 cm³/mol. The van der Waals surface area contributed by atoms with Crippen LogP contribution in [0.25, 0.3) is 0 Å². The number of halogens is 3. The molecule has 0 aliphatic heterocycles. The molecule has 2 nitrogen and oxygen atoms in total. The molecule has 0 aromatic carbocycles. The average molecular weight is 166 g/mol. The van der Waals surface area contributed by atoms with Gasteiger partial charge in [-0.15, -0.1) is 0 Å². The van der Waals surface area contributed by atoms with Crippen LogP contribution in [0.5, 0.6) is 0 Å². The van der Waals surface area contributed by atoms with Crippen LogP contribution in [0, 0.1) is 0 Å². The van der Waals surface area contributed by atoms with Gasteiger partial charge in [-0.25, -0.2) is 0 Å². The van der Waals surface area contributed by atoms with E-state index in [0.29, 0.717) is 0 Å². The summed E-state index contributed by atoms with van der Waals surface area (Å²) in [4.78, 5) is 0. The highest BCUT2D eigenvalue weighted by molar-refractivity contribution is 5.23. The first kappa shape index (κ1) is 10.0. The third-order valence-electron chi connectivity index (χ3n) is 1.05. The SMILES string of the molecule is C=NN(C)/C=C(\C)C(F)(F)F. The average Bonchev–Trinajstić information content (AvgIpc) is 1.85. The Morgan fingerprint density at radius 1 is 1.55 bits per heavy atom. The lowest BCUT2D eigenvalue weighted by molar-refractivity contribution is -0.0923. The van der Waals surface area contributed by atoms with Crippen molar-refractivity contribution in [1.29, 1.82) is 0 Å². The van der Waals surface area contributed by atoms with Gasteiger partial charge in [-0.3, -0.25) is 5.01 Å². The van der Waals surface area contributed by atoms with Gasteiger partial charge in [-0.2, -0.15) is 18.3 Å². The molecule has 0 aliphatic carbocycles. The molecule has 0 spiro atoms. The Morgan fingerprint density at radius 2 is 2.00 bits per heavy atom. The summed E-state index contributed by atoms with van der Waals surface area (Å²) in [6, 6.07) is 0. The minimum absolute atomic E-state index is 0.701. The van der Waals surface area contributed by atoms with E-state index in [-0.39, 0.29) is 0 Å². The second-order valence-electron chi connectivity index (χ2n) is 2.02. The van der Waals surface area contributed by atoms with Crippen molar-refractivity contribution in [2.75, 3.05) is 7.05 Å². The fourth-order valence-corrected chi connectivity index (χ4v) is 0.394. The van der Waals surface area contributed by atoms with E-state index in [2.05, 4.69) is 11.8 Å². The van der Waals surface area contributed by atoms with Crippen LogP contribution >= 0.6 is 0 Å². The molecule has 0 saturated carbocycles. The maximum Gasteiger partial charge on any atom is 0.413 e. The number of hydrazone groups is 1. The molecule has 0 N–H and O–H groups in total. The molecule has 0 atom stereocenters. The molecule has 11 heavy (non-hydrogen) atoms. The van der Waals surface area contributed by atoms with Crippen molar-refractivity contribution in [1.82, 2.24) is 5.01 Å². The fourth-order valence-electron chi connectivity index (χ4n) is 0.394. The van der Waals surface area contributed by atoms with E-state index in [1.165, 1.54) is 7.05 Å². The second kappa shape index (κ2) is 3.41. The molecule has 0 aromatic heterocycles. The van der Waals surface area contributed by atoms with Crippen molar-refractivity contribution >= 4 is 6.72 Å². The molecule has 0 rings (SSSR count). The maximum atomic E-state index is 11.8. The topological polar surface area (TPSA) is 15.6 Å². The molecular weight excluding hydrogens is 157 g/mol. The quantitative estimate of drug-likeness (QED) is 0.452. The normalized spacial score (nSPS) is 13.0. The van der Waals surface area contributed by atoms with Crippen molar-refractivity contribution in [2.45, 2.75) is 13.1 Å². The van der Waals surface area contributed by atoms with Gasteiger partial charge in [0.2, 0.25) is 0 Å². The third-order valence-corrected chi connectivity index (χ3v) is 1.05. The van der Waals surface area contributed by atoms with E-state index >= 15 is 0 Å².